The van der Waals surface area contributed by atoms with Crippen molar-refractivity contribution in [3.05, 3.63) is 24.0 Å². The number of nitrogens with zero attached hydrogens (tertiary/aromatic N) is 3. The Balaban J connectivity index is 2.92. The molecule has 0 aliphatic rings. The molecule has 1 heterocycles. The summed E-state index contributed by atoms with van der Waals surface area (Å²) in [6, 6.07) is 3.84. The van der Waals surface area contributed by atoms with E-state index in [-0.39, 0.29) is 30.1 Å². The Kier molecular flexibility index (Phi) is 8.86. The number of hydrogen-bond donors (Lipinski definition) is 1. The lowest BCUT2D eigenvalue weighted by molar-refractivity contribution is -0.133. The number of hydrogen-bond acceptors (Lipinski definition) is 2. The third-order valence-electron chi connectivity index (χ3n) is 4.71. The lowest BCUT2D eigenvalue weighted by Crippen LogP contribution is -2.54. The largest absolute Gasteiger partial charge is 0.353 e. The molecule has 0 aliphatic carbocycles. The first-order chi connectivity index (χ1) is 12.6. The fourth-order valence-electron chi connectivity index (χ4n) is 2.78. The molecule has 27 heavy (non-hydrogen) atoms. The first kappa shape index (κ1) is 23.1. The maximum Gasteiger partial charge on any atom is 0.318 e. The number of carbonyl (C=O) groups is 2. The Labute approximate surface area is 164 Å². The maximum absolute atomic E-state index is 13.1. The molecule has 0 aromatic carbocycles. The second-order valence-electron chi connectivity index (χ2n) is 8.34. The van der Waals surface area contributed by atoms with Crippen LogP contribution in [-0.2, 0) is 18.4 Å². The van der Waals surface area contributed by atoms with E-state index in [1.807, 2.05) is 69.5 Å². The summed E-state index contributed by atoms with van der Waals surface area (Å²) in [4.78, 5) is 29.4. The second-order valence-corrected chi connectivity index (χ2v) is 8.34. The van der Waals surface area contributed by atoms with Crippen LogP contribution in [-0.4, -0.2) is 51.0 Å². The predicted octanol–water partition coefficient (Wildman–Crippen LogP) is 3.76. The summed E-state index contributed by atoms with van der Waals surface area (Å²) in [5, 5.41) is 2.99. The lowest BCUT2D eigenvalue weighted by Gasteiger charge is -2.33. The highest BCUT2D eigenvalue weighted by Gasteiger charge is 2.27. The number of rotatable bonds is 9. The van der Waals surface area contributed by atoms with E-state index in [1.54, 1.807) is 4.90 Å². The van der Waals surface area contributed by atoms with Crippen LogP contribution < -0.4 is 5.32 Å². The van der Waals surface area contributed by atoms with E-state index in [2.05, 4.69) is 12.2 Å². The van der Waals surface area contributed by atoms with Gasteiger partial charge in [-0.3, -0.25) is 4.79 Å². The van der Waals surface area contributed by atoms with E-state index < -0.39 is 0 Å². The van der Waals surface area contributed by atoms with Gasteiger partial charge in [0, 0.05) is 37.1 Å². The predicted molar refractivity (Wildman–Crippen MR) is 110 cm³/mol. The molecule has 0 aliphatic heterocycles. The van der Waals surface area contributed by atoms with Gasteiger partial charge in [-0.05, 0) is 52.7 Å². The highest BCUT2D eigenvalue weighted by Crippen LogP contribution is 2.11. The van der Waals surface area contributed by atoms with Crippen molar-refractivity contribution in [2.45, 2.75) is 78.9 Å². The van der Waals surface area contributed by atoms with Crippen LogP contribution in [0, 0.1) is 0 Å². The minimum atomic E-state index is -0.337. The van der Waals surface area contributed by atoms with Crippen molar-refractivity contribution in [3.63, 3.8) is 0 Å². The molecule has 1 atom stereocenters. The van der Waals surface area contributed by atoms with E-state index in [1.165, 1.54) is 0 Å². The fraction of sp³-hybridized carbons (Fsp3) is 0.714. The molecular weight excluding hydrogens is 340 g/mol. The molecule has 6 nitrogen and oxygen atoms in total. The summed E-state index contributed by atoms with van der Waals surface area (Å²) in [6.45, 7) is 13.4. The molecule has 154 valence electrons. The normalized spacial score (nSPS) is 12.6. The van der Waals surface area contributed by atoms with Gasteiger partial charge in [-0.2, -0.15) is 0 Å². The topological polar surface area (TPSA) is 57.6 Å². The summed E-state index contributed by atoms with van der Waals surface area (Å²) in [5.41, 5.74) is 0.755. The van der Waals surface area contributed by atoms with Crippen molar-refractivity contribution in [2.24, 2.45) is 7.05 Å². The van der Waals surface area contributed by atoms with Crippen LogP contribution >= 0.6 is 0 Å². The molecule has 0 unspecified atom stereocenters. The minimum Gasteiger partial charge on any atom is -0.353 e. The Morgan fingerprint density at radius 3 is 2.41 bits per heavy atom. The van der Waals surface area contributed by atoms with E-state index in [4.69, 9.17) is 0 Å². The summed E-state index contributed by atoms with van der Waals surface area (Å²) in [7, 11) is 1.99. The number of amides is 3. The molecule has 1 aromatic heterocycles. The average Bonchev–Trinajstić information content (AvgIpc) is 2.98. The number of nitrogens with one attached hydrogen (secondary N) is 1. The third-order valence-corrected chi connectivity index (χ3v) is 4.71. The molecule has 0 fully saturated rings. The third kappa shape index (κ3) is 7.65. The Bertz CT molecular complexity index is 604. The standard InChI is InChI=1S/C21H38N4O2/c1-8-10-14-24(15-18-12-11-13-23(18)7)19(26)16-25(17(3)9-2)20(27)22-21(4,5)6/h11-13,17H,8-10,14-16H2,1-7H3,(H,22,27)/t17-/m1/s1. The van der Waals surface area contributed by atoms with E-state index in [0.717, 1.165) is 25.0 Å². The van der Waals surface area contributed by atoms with Crippen molar-refractivity contribution in [1.29, 1.82) is 0 Å². The monoisotopic (exact) mass is 378 g/mol. The van der Waals surface area contributed by atoms with Gasteiger partial charge in [0.25, 0.3) is 0 Å². The molecule has 0 bridgehead atoms. The molecule has 0 spiro atoms. The van der Waals surface area contributed by atoms with Crippen LogP contribution in [0.5, 0.6) is 0 Å². The smallest absolute Gasteiger partial charge is 0.318 e. The van der Waals surface area contributed by atoms with Gasteiger partial charge < -0.3 is 19.7 Å². The van der Waals surface area contributed by atoms with Gasteiger partial charge in [0.15, 0.2) is 0 Å². The Morgan fingerprint density at radius 1 is 1.26 bits per heavy atom. The average molecular weight is 379 g/mol. The van der Waals surface area contributed by atoms with Gasteiger partial charge in [-0.15, -0.1) is 0 Å². The van der Waals surface area contributed by atoms with Crippen LogP contribution in [0.2, 0.25) is 0 Å². The van der Waals surface area contributed by atoms with Gasteiger partial charge in [-0.25, -0.2) is 4.79 Å². The van der Waals surface area contributed by atoms with Gasteiger partial charge >= 0.3 is 6.03 Å². The SMILES string of the molecule is CCCCN(Cc1cccn1C)C(=O)CN(C(=O)NC(C)(C)C)[C@H](C)CC. The molecule has 1 aromatic rings. The number of aryl methyl sites for hydroxylation is 1. The number of urea groups is 1. The van der Waals surface area contributed by atoms with Gasteiger partial charge in [0.2, 0.25) is 5.91 Å². The van der Waals surface area contributed by atoms with Crippen LogP contribution in [0.15, 0.2) is 18.3 Å². The molecule has 1 rings (SSSR count). The van der Waals surface area contributed by atoms with Crippen LogP contribution in [0.1, 0.15) is 66.5 Å². The van der Waals surface area contributed by atoms with Crippen molar-refractivity contribution in [2.75, 3.05) is 13.1 Å². The van der Waals surface area contributed by atoms with Crippen molar-refractivity contribution in [1.82, 2.24) is 19.7 Å². The molecule has 1 N–H and O–H groups in total. The van der Waals surface area contributed by atoms with Crippen LogP contribution in [0.4, 0.5) is 4.79 Å². The van der Waals surface area contributed by atoms with Crippen molar-refractivity contribution >= 4 is 11.9 Å². The molecule has 6 heteroatoms. The van der Waals surface area contributed by atoms with Crippen LogP contribution in [0.25, 0.3) is 0 Å². The molecule has 0 saturated heterocycles. The zero-order valence-corrected chi connectivity index (χ0v) is 18.2. The summed E-state index contributed by atoms with van der Waals surface area (Å²) < 4.78 is 2.03. The van der Waals surface area contributed by atoms with E-state index >= 15 is 0 Å². The molecule has 3 amide bonds. The first-order valence-electron chi connectivity index (χ1n) is 10.1. The van der Waals surface area contributed by atoms with Gasteiger partial charge in [-0.1, -0.05) is 20.3 Å². The molecule has 0 radical (unpaired) electrons. The Hall–Kier alpha value is -1.98. The summed E-state index contributed by atoms with van der Waals surface area (Å²) >= 11 is 0. The zero-order valence-electron chi connectivity index (χ0n) is 18.2. The number of aromatic nitrogens is 1. The van der Waals surface area contributed by atoms with Gasteiger partial charge in [0.1, 0.15) is 6.54 Å². The summed E-state index contributed by atoms with van der Waals surface area (Å²) in [6.07, 6.45) is 4.77. The number of carbonyl (C=O) groups excluding carboxylic acids is 2. The minimum absolute atomic E-state index is 0.000591. The quantitative estimate of drug-likeness (QED) is 0.711. The van der Waals surface area contributed by atoms with Crippen LogP contribution in [0.3, 0.4) is 0 Å². The molecular formula is C21H38N4O2. The number of unbranched alkanes of at least 4 members (excludes halogenated alkanes) is 1. The van der Waals surface area contributed by atoms with E-state index in [0.29, 0.717) is 13.1 Å². The fourth-order valence-corrected chi connectivity index (χ4v) is 2.78. The second kappa shape index (κ2) is 10.4. The highest BCUT2D eigenvalue weighted by molar-refractivity contribution is 5.84. The lowest BCUT2D eigenvalue weighted by atomic mass is 10.1. The first-order valence-corrected chi connectivity index (χ1v) is 10.1. The zero-order chi connectivity index (χ0) is 20.6. The maximum atomic E-state index is 13.1. The summed E-state index contributed by atoms with van der Waals surface area (Å²) in [5.74, 6) is -0.00555. The Morgan fingerprint density at radius 2 is 1.93 bits per heavy atom. The van der Waals surface area contributed by atoms with Crippen molar-refractivity contribution in [3.8, 4) is 0 Å². The molecule has 0 saturated carbocycles. The van der Waals surface area contributed by atoms with Gasteiger partial charge in [0.05, 0.1) is 6.54 Å². The van der Waals surface area contributed by atoms with Crippen molar-refractivity contribution < 1.29 is 9.59 Å². The highest BCUT2D eigenvalue weighted by atomic mass is 16.2. The van der Waals surface area contributed by atoms with E-state index in [9.17, 15) is 9.59 Å².